The number of nitrogens with zero attached hydrogens (tertiary/aromatic N) is 2. The van der Waals surface area contributed by atoms with Crippen molar-refractivity contribution in [2.75, 3.05) is 6.54 Å². The van der Waals surface area contributed by atoms with Crippen LogP contribution in [0, 0.1) is 13.8 Å². The van der Waals surface area contributed by atoms with E-state index in [1.165, 1.54) is 29.5 Å². The van der Waals surface area contributed by atoms with Gasteiger partial charge in [0.05, 0.1) is 11.7 Å². The Kier molecular flexibility index (Phi) is 4.11. The molecule has 0 amide bonds. The van der Waals surface area contributed by atoms with Crippen LogP contribution in [-0.4, -0.2) is 16.6 Å². The standard InChI is InChI=1S/C18H24N2O/c1-4-16-11-18(21-19-16)17-6-5-9-20(17)12-15-8-7-13(2)14(3)10-15/h7-8,10-11,17H,4-6,9,12H2,1-3H3/t17-/m1/s1. The number of likely N-dealkylation sites (tertiary alicyclic amines) is 1. The van der Waals surface area contributed by atoms with Gasteiger partial charge in [-0.3, -0.25) is 4.90 Å². The van der Waals surface area contributed by atoms with Gasteiger partial charge in [0, 0.05) is 12.6 Å². The van der Waals surface area contributed by atoms with E-state index >= 15 is 0 Å². The van der Waals surface area contributed by atoms with Gasteiger partial charge in [-0.25, -0.2) is 0 Å². The normalized spacial score (nSPS) is 19.3. The largest absolute Gasteiger partial charge is 0.359 e. The molecule has 112 valence electrons. The van der Waals surface area contributed by atoms with Crippen LogP contribution < -0.4 is 0 Å². The van der Waals surface area contributed by atoms with Crippen LogP contribution in [0.1, 0.15) is 54.0 Å². The third kappa shape index (κ3) is 3.03. The minimum atomic E-state index is 0.388. The number of benzene rings is 1. The Bertz CT molecular complexity index is 617. The molecule has 1 saturated heterocycles. The molecule has 0 radical (unpaired) electrons. The topological polar surface area (TPSA) is 29.3 Å². The van der Waals surface area contributed by atoms with Crippen molar-refractivity contribution in [3.63, 3.8) is 0 Å². The zero-order valence-electron chi connectivity index (χ0n) is 13.2. The number of hydrogen-bond acceptors (Lipinski definition) is 3. The summed E-state index contributed by atoms with van der Waals surface area (Å²) >= 11 is 0. The van der Waals surface area contributed by atoms with Gasteiger partial charge in [0.2, 0.25) is 0 Å². The summed E-state index contributed by atoms with van der Waals surface area (Å²) in [4.78, 5) is 2.52. The van der Waals surface area contributed by atoms with E-state index in [2.05, 4.69) is 55.1 Å². The van der Waals surface area contributed by atoms with Gasteiger partial charge in [-0.2, -0.15) is 0 Å². The van der Waals surface area contributed by atoms with E-state index in [-0.39, 0.29) is 0 Å². The fraction of sp³-hybridized carbons (Fsp3) is 0.500. The molecule has 3 rings (SSSR count). The molecule has 1 atom stereocenters. The molecule has 2 aromatic rings. The Morgan fingerprint density at radius 1 is 1.24 bits per heavy atom. The highest BCUT2D eigenvalue weighted by Crippen LogP contribution is 2.33. The van der Waals surface area contributed by atoms with Crippen LogP contribution in [0.25, 0.3) is 0 Å². The molecule has 2 heterocycles. The van der Waals surface area contributed by atoms with Crippen LogP contribution >= 0.6 is 0 Å². The second kappa shape index (κ2) is 6.02. The maximum absolute atomic E-state index is 5.56. The van der Waals surface area contributed by atoms with Crippen molar-refractivity contribution >= 4 is 0 Å². The SMILES string of the molecule is CCc1cc([C@H]2CCCN2Cc2ccc(C)c(C)c2)on1. The molecule has 0 unspecified atom stereocenters. The van der Waals surface area contributed by atoms with Gasteiger partial charge in [0.15, 0.2) is 5.76 Å². The molecular formula is C18H24N2O. The minimum absolute atomic E-state index is 0.388. The maximum Gasteiger partial charge on any atom is 0.154 e. The van der Waals surface area contributed by atoms with Crippen molar-refractivity contribution in [2.45, 2.75) is 52.6 Å². The first-order chi connectivity index (χ1) is 10.2. The second-order valence-corrected chi connectivity index (χ2v) is 6.12. The first-order valence-corrected chi connectivity index (χ1v) is 7.93. The van der Waals surface area contributed by atoms with Crippen LogP contribution in [0.4, 0.5) is 0 Å². The Morgan fingerprint density at radius 3 is 2.81 bits per heavy atom. The van der Waals surface area contributed by atoms with E-state index in [4.69, 9.17) is 4.52 Å². The van der Waals surface area contributed by atoms with Crippen LogP contribution in [0.15, 0.2) is 28.8 Å². The van der Waals surface area contributed by atoms with E-state index in [0.717, 1.165) is 31.0 Å². The Hall–Kier alpha value is -1.61. The van der Waals surface area contributed by atoms with Crippen molar-refractivity contribution in [1.29, 1.82) is 0 Å². The van der Waals surface area contributed by atoms with E-state index in [1.54, 1.807) is 0 Å². The fourth-order valence-corrected chi connectivity index (χ4v) is 3.13. The summed E-state index contributed by atoms with van der Waals surface area (Å²) in [6.07, 6.45) is 3.34. The summed E-state index contributed by atoms with van der Waals surface area (Å²) in [5.74, 6) is 1.04. The van der Waals surface area contributed by atoms with Crippen molar-refractivity contribution in [3.05, 3.63) is 52.4 Å². The van der Waals surface area contributed by atoms with Crippen LogP contribution in [-0.2, 0) is 13.0 Å². The average molecular weight is 284 g/mol. The minimum Gasteiger partial charge on any atom is -0.359 e. The first kappa shape index (κ1) is 14.3. The van der Waals surface area contributed by atoms with E-state index in [1.807, 2.05) is 0 Å². The van der Waals surface area contributed by atoms with Gasteiger partial charge in [0.1, 0.15) is 0 Å². The molecule has 0 saturated carbocycles. The molecule has 0 N–H and O–H groups in total. The van der Waals surface area contributed by atoms with Crippen molar-refractivity contribution in [3.8, 4) is 0 Å². The molecule has 1 aromatic carbocycles. The summed E-state index contributed by atoms with van der Waals surface area (Å²) in [6.45, 7) is 8.60. The zero-order chi connectivity index (χ0) is 14.8. The molecule has 0 spiro atoms. The van der Waals surface area contributed by atoms with Crippen molar-refractivity contribution in [1.82, 2.24) is 10.1 Å². The predicted octanol–water partition coefficient (Wildman–Crippen LogP) is 4.19. The van der Waals surface area contributed by atoms with Crippen LogP contribution in [0.3, 0.4) is 0 Å². The second-order valence-electron chi connectivity index (χ2n) is 6.12. The Labute approximate surface area is 126 Å². The summed E-state index contributed by atoms with van der Waals surface area (Å²) in [5.41, 5.74) is 5.18. The van der Waals surface area contributed by atoms with E-state index < -0.39 is 0 Å². The smallest absolute Gasteiger partial charge is 0.154 e. The number of aromatic nitrogens is 1. The third-order valence-electron chi connectivity index (χ3n) is 4.59. The van der Waals surface area contributed by atoms with Crippen molar-refractivity contribution in [2.24, 2.45) is 0 Å². The molecule has 0 bridgehead atoms. The molecular weight excluding hydrogens is 260 g/mol. The zero-order valence-corrected chi connectivity index (χ0v) is 13.2. The van der Waals surface area contributed by atoms with Gasteiger partial charge < -0.3 is 4.52 Å². The molecule has 0 aliphatic carbocycles. The summed E-state index contributed by atoms with van der Waals surface area (Å²) in [5, 5.41) is 4.14. The highest BCUT2D eigenvalue weighted by atomic mass is 16.5. The van der Waals surface area contributed by atoms with Gasteiger partial charge in [-0.1, -0.05) is 30.3 Å². The number of rotatable bonds is 4. The van der Waals surface area contributed by atoms with Gasteiger partial charge in [0.25, 0.3) is 0 Å². The molecule has 3 nitrogen and oxygen atoms in total. The summed E-state index contributed by atoms with van der Waals surface area (Å²) in [6, 6.07) is 9.29. The highest BCUT2D eigenvalue weighted by Gasteiger charge is 2.29. The van der Waals surface area contributed by atoms with Gasteiger partial charge in [-0.15, -0.1) is 0 Å². The van der Waals surface area contributed by atoms with Gasteiger partial charge in [-0.05, 0) is 56.3 Å². The lowest BCUT2D eigenvalue weighted by molar-refractivity contribution is 0.206. The Morgan fingerprint density at radius 2 is 2.10 bits per heavy atom. The molecule has 1 aliphatic heterocycles. The molecule has 1 aromatic heterocycles. The monoisotopic (exact) mass is 284 g/mol. The molecule has 3 heteroatoms. The fourth-order valence-electron chi connectivity index (χ4n) is 3.13. The predicted molar refractivity (Wildman–Crippen MR) is 84.2 cm³/mol. The maximum atomic E-state index is 5.56. The highest BCUT2D eigenvalue weighted by molar-refractivity contribution is 5.30. The lowest BCUT2D eigenvalue weighted by Gasteiger charge is -2.22. The van der Waals surface area contributed by atoms with Crippen LogP contribution in [0.5, 0.6) is 0 Å². The molecule has 1 aliphatic rings. The number of hydrogen-bond donors (Lipinski definition) is 0. The molecule has 1 fully saturated rings. The third-order valence-corrected chi connectivity index (χ3v) is 4.59. The Balaban J connectivity index is 1.76. The lowest BCUT2D eigenvalue weighted by Crippen LogP contribution is -2.22. The first-order valence-electron chi connectivity index (χ1n) is 7.93. The quantitative estimate of drug-likeness (QED) is 0.843. The van der Waals surface area contributed by atoms with Crippen molar-refractivity contribution < 1.29 is 4.52 Å². The molecule has 21 heavy (non-hydrogen) atoms. The van der Waals surface area contributed by atoms with E-state index in [9.17, 15) is 0 Å². The van der Waals surface area contributed by atoms with Crippen LogP contribution in [0.2, 0.25) is 0 Å². The summed E-state index contributed by atoms with van der Waals surface area (Å²) < 4.78 is 5.56. The van der Waals surface area contributed by atoms with Gasteiger partial charge >= 0.3 is 0 Å². The van der Waals surface area contributed by atoms with E-state index in [0.29, 0.717) is 6.04 Å². The average Bonchev–Trinajstić information content (AvgIpc) is 3.11. The lowest BCUT2D eigenvalue weighted by atomic mass is 10.1. The summed E-state index contributed by atoms with van der Waals surface area (Å²) in [7, 11) is 0. The number of aryl methyl sites for hydroxylation is 3.